The molecular formula is C16H21N3. The van der Waals surface area contributed by atoms with Gasteiger partial charge in [-0.2, -0.15) is 0 Å². The summed E-state index contributed by atoms with van der Waals surface area (Å²) in [6.07, 6.45) is 2.70. The summed E-state index contributed by atoms with van der Waals surface area (Å²) < 4.78 is 0. The molecule has 0 amide bonds. The van der Waals surface area contributed by atoms with Gasteiger partial charge in [0.2, 0.25) is 0 Å². The highest BCUT2D eigenvalue weighted by atomic mass is 14.9. The summed E-state index contributed by atoms with van der Waals surface area (Å²) in [6, 6.07) is 10.8. The van der Waals surface area contributed by atoms with E-state index in [1.165, 1.54) is 5.56 Å². The Hall–Kier alpha value is -1.74. The van der Waals surface area contributed by atoms with E-state index in [1.807, 2.05) is 26.1 Å². The van der Waals surface area contributed by atoms with E-state index in [0.717, 1.165) is 30.0 Å². The van der Waals surface area contributed by atoms with Crippen LogP contribution in [0.2, 0.25) is 0 Å². The van der Waals surface area contributed by atoms with Crippen molar-refractivity contribution in [2.45, 2.75) is 33.2 Å². The Balaban J connectivity index is 2.24. The molecule has 0 aliphatic heterocycles. The SMILES string of the molecule is CCNC(Cc1nc(C)cnc1C)c1ccccc1. The lowest BCUT2D eigenvalue weighted by Gasteiger charge is -2.19. The second kappa shape index (κ2) is 6.43. The van der Waals surface area contributed by atoms with Gasteiger partial charge in [-0.05, 0) is 26.0 Å². The first-order valence-corrected chi connectivity index (χ1v) is 6.78. The minimum absolute atomic E-state index is 0.293. The lowest BCUT2D eigenvalue weighted by molar-refractivity contribution is 0.541. The lowest BCUT2D eigenvalue weighted by Crippen LogP contribution is -2.24. The summed E-state index contributed by atoms with van der Waals surface area (Å²) in [5.74, 6) is 0. The maximum atomic E-state index is 4.62. The van der Waals surface area contributed by atoms with Crippen molar-refractivity contribution in [3.8, 4) is 0 Å². The largest absolute Gasteiger partial charge is 0.310 e. The fourth-order valence-electron chi connectivity index (χ4n) is 2.21. The van der Waals surface area contributed by atoms with Crippen LogP contribution in [0.5, 0.6) is 0 Å². The van der Waals surface area contributed by atoms with Gasteiger partial charge in [0.05, 0.1) is 17.1 Å². The van der Waals surface area contributed by atoms with Crippen LogP contribution in [-0.2, 0) is 6.42 Å². The molecule has 1 atom stereocenters. The van der Waals surface area contributed by atoms with Crippen LogP contribution in [0.4, 0.5) is 0 Å². The Morgan fingerprint density at radius 2 is 1.89 bits per heavy atom. The molecule has 0 aliphatic rings. The van der Waals surface area contributed by atoms with Gasteiger partial charge in [0.25, 0.3) is 0 Å². The quantitative estimate of drug-likeness (QED) is 0.892. The van der Waals surface area contributed by atoms with Crippen LogP contribution in [0.15, 0.2) is 36.5 Å². The van der Waals surface area contributed by atoms with Gasteiger partial charge in [-0.3, -0.25) is 9.97 Å². The molecule has 1 aromatic heterocycles. The Morgan fingerprint density at radius 3 is 2.58 bits per heavy atom. The van der Waals surface area contributed by atoms with E-state index < -0.39 is 0 Å². The number of likely N-dealkylation sites (N-methyl/N-ethyl adjacent to an activating group) is 1. The molecule has 1 heterocycles. The van der Waals surface area contributed by atoms with Gasteiger partial charge in [0, 0.05) is 18.7 Å². The number of nitrogens with zero attached hydrogens (tertiary/aromatic N) is 2. The lowest BCUT2D eigenvalue weighted by atomic mass is 10.0. The second-order valence-corrected chi connectivity index (χ2v) is 4.77. The molecule has 0 saturated heterocycles. The number of rotatable bonds is 5. The highest BCUT2D eigenvalue weighted by molar-refractivity contribution is 5.22. The van der Waals surface area contributed by atoms with Crippen molar-refractivity contribution < 1.29 is 0 Å². The summed E-state index contributed by atoms with van der Waals surface area (Å²) in [7, 11) is 0. The van der Waals surface area contributed by atoms with Crippen LogP contribution in [-0.4, -0.2) is 16.5 Å². The summed E-state index contributed by atoms with van der Waals surface area (Å²) in [5, 5.41) is 3.53. The van der Waals surface area contributed by atoms with Gasteiger partial charge >= 0.3 is 0 Å². The Bertz CT molecular complexity index is 523. The summed E-state index contributed by atoms with van der Waals surface area (Å²) in [6.45, 7) is 7.08. The minimum atomic E-state index is 0.293. The van der Waals surface area contributed by atoms with Crippen molar-refractivity contribution in [1.82, 2.24) is 15.3 Å². The van der Waals surface area contributed by atoms with Crippen LogP contribution in [0.1, 0.15) is 35.6 Å². The maximum Gasteiger partial charge on any atom is 0.0638 e. The Morgan fingerprint density at radius 1 is 1.16 bits per heavy atom. The van der Waals surface area contributed by atoms with Gasteiger partial charge in [0.15, 0.2) is 0 Å². The van der Waals surface area contributed by atoms with E-state index in [-0.39, 0.29) is 0 Å². The molecule has 1 unspecified atom stereocenters. The van der Waals surface area contributed by atoms with Gasteiger partial charge in [-0.15, -0.1) is 0 Å². The number of hydrogen-bond acceptors (Lipinski definition) is 3. The first-order chi connectivity index (χ1) is 9.20. The van der Waals surface area contributed by atoms with Crippen LogP contribution in [0.3, 0.4) is 0 Å². The number of benzene rings is 1. The fourth-order valence-corrected chi connectivity index (χ4v) is 2.21. The third-order valence-electron chi connectivity index (χ3n) is 3.22. The van der Waals surface area contributed by atoms with Crippen molar-refractivity contribution >= 4 is 0 Å². The Labute approximate surface area is 115 Å². The van der Waals surface area contributed by atoms with Crippen LogP contribution in [0, 0.1) is 13.8 Å². The predicted molar refractivity (Wildman–Crippen MR) is 78.1 cm³/mol. The highest BCUT2D eigenvalue weighted by Crippen LogP contribution is 2.18. The molecule has 3 nitrogen and oxygen atoms in total. The smallest absolute Gasteiger partial charge is 0.0638 e. The molecule has 1 aromatic carbocycles. The first-order valence-electron chi connectivity index (χ1n) is 6.78. The van der Waals surface area contributed by atoms with Crippen molar-refractivity contribution in [1.29, 1.82) is 0 Å². The highest BCUT2D eigenvalue weighted by Gasteiger charge is 2.13. The standard InChI is InChI=1S/C16H21N3/c1-4-17-16(14-8-6-5-7-9-14)10-15-13(3)18-11-12(2)19-15/h5-9,11,16-17H,4,10H2,1-3H3. The summed E-state index contributed by atoms with van der Waals surface area (Å²) in [5.41, 5.74) is 4.37. The maximum absolute atomic E-state index is 4.62. The Kier molecular flexibility index (Phi) is 4.63. The van der Waals surface area contributed by atoms with E-state index in [4.69, 9.17) is 0 Å². The molecule has 2 rings (SSSR count). The average molecular weight is 255 g/mol. The van der Waals surface area contributed by atoms with Gasteiger partial charge in [-0.25, -0.2) is 0 Å². The summed E-state index contributed by atoms with van der Waals surface area (Å²) >= 11 is 0. The predicted octanol–water partition coefficient (Wildman–Crippen LogP) is 2.99. The van der Waals surface area contributed by atoms with E-state index in [2.05, 4.69) is 46.5 Å². The molecule has 100 valence electrons. The topological polar surface area (TPSA) is 37.8 Å². The van der Waals surface area contributed by atoms with Crippen molar-refractivity contribution in [3.05, 3.63) is 59.2 Å². The van der Waals surface area contributed by atoms with Crippen LogP contribution >= 0.6 is 0 Å². The second-order valence-electron chi connectivity index (χ2n) is 4.77. The fraction of sp³-hybridized carbons (Fsp3) is 0.375. The molecule has 0 saturated carbocycles. The van der Waals surface area contributed by atoms with Crippen molar-refractivity contribution in [2.75, 3.05) is 6.54 Å². The zero-order valence-corrected chi connectivity index (χ0v) is 11.9. The number of aromatic nitrogens is 2. The third kappa shape index (κ3) is 3.61. The number of hydrogen-bond donors (Lipinski definition) is 1. The van der Waals surface area contributed by atoms with Crippen LogP contribution in [0.25, 0.3) is 0 Å². The molecule has 0 aliphatic carbocycles. The molecule has 0 fully saturated rings. The third-order valence-corrected chi connectivity index (χ3v) is 3.22. The molecule has 0 spiro atoms. The number of nitrogens with one attached hydrogen (secondary N) is 1. The van der Waals surface area contributed by atoms with E-state index in [1.54, 1.807) is 0 Å². The first kappa shape index (κ1) is 13.7. The van der Waals surface area contributed by atoms with E-state index >= 15 is 0 Å². The van der Waals surface area contributed by atoms with Crippen LogP contribution < -0.4 is 5.32 Å². The summed E-state index contributed by atoms with van der Waals surface area (Å²) in [4.78, 5) is 9.01. The monoisotopic (exact) mass is 255 g/mol. The molecule has 0 radical (unpaired) electrons. The molecule has 19 heavy (non-hydrogen) atoms. The molecule has 1 N–H and O–H groups in total. The van der Waals surface area contributed by atoms with Crippen molar-refractivity contribution in [2.24, 2.45) is 0 Å². The van der Waals surface area contributed by atoms with Gasteiger partial charge in [-0.1, -0.05) is 37.3 Å². The normalized spacial score (nSPS) is 12.4. The number of aryl methyl sites for hydroxylation is 2. The van der Waals surface area contributed by atoms with E-state index in [0.29, 0.717) is 6.04 Å². The molecular weight excluding hydrogens is 234 g/mol. The molecule has 0 bridgehead atoms. The van der Waals surface area contributed by atoms with Gasteiger partial charge in [0.1, 0.15) is 0 Å². The average Bonchev–Trinajstić information content (AvgIpc) is 2.43. The zero-order chi connectivity index (χ0) is 13.7. The van der Waals surface area contributed by atoms with Gasteiger partial charge < -0.3 is 5.32 Å². The van der Waals surface area contributed by atoms with E-state index in [9.17, 15) is 0 Å². The zero-order valence-electron chi connectivity index (χ0n) is 11.9. The minimum Gasteiger partial charge on any atom is -0.310 e. The molecule has 2 aromatic rings. The van der Waals surface area contributed by atoms with Crippen molar-refractivity contribution in [3.63, 3.8) is 0 Å². The molecule has 3 heteroatoms.